The third-order valence-corrected chi connectivity index (χ3v) is 6.08. The van der Waals surface area contributed by atoms with Crippen molar-refractivity contribution < 1.29 is 8.42 Å². The Hall–Kier alpha value is -1.11. The van der Waals surface area contributed by atoms with Crippen LogP contribution in [0.2, 0.25) is 5.15 Å². The number of hydrogen-bond acceptors (Lipinski definition) is 3. The molecule has 0 radical (unpaired) electrons. The van der Waals surface area contributed by atoms with E-state index in [1.165, 1.54) is 16.6 Å². The highest BCUT2D eigenvalue weighted by Gasteiger charge is 2.31. The van der Waals surface area contributed by atoms with Crippen LogP contribution in [0.25, 0.3) is 0 Å². The summed E-state index contributed by atoms with van der Waals surface area (Å²) in [7, 11) is -3.72. The van der Waals surface area contributed by atoms with Gasteiger partial charge >= 0.3 is 0 Å². The van der Waals surface area contributed by atoms with E-state index in [0.717, 1.165) is 24.1 Å². The largest absolute Gasteiger partial charge is 0.267 e. The summed E-state index contributed by atoms with van der Waals surface area (Å²) in [5.74, 6) is 0. The smallest absolute Gasteiger partial charge is 0.266 e. The quantitative estimate of drug-likeness (QED) is 0.739. The fraction of sp³-hybridized carbons (Fsp3) is 0.214. The molecular weight excluding hydrogens is 376 g/mol. The van der Waals surface area contributed by atoms with Crippen molar-refractivity contribution in [1.82, 2.24) is 4.98 Å². The zero-order valence-electron chi connectivity index (χ0n) is 11.0. The molecule has 4 nitrogen and oxygen atoms in total. The number of fused-ring (bicyclic) bond motifs is 1. The van der Waals surface area contributed by atoms with Crippen LogP contribution < -0.4 is 4.31 Å². The number of aryl methyl sites for hydroxylation is 1. The Morgan fingerprint density at radius 1 is 1.29 bits per heavy atom. The lowest BCUT2D eigenvalue weighted by atomic mass is 10.0. The van der Waals surface area contributed by atoms with Gasteiger partial charge in [0.2, 0.25) is 0 Å². The second-order valence-corrected chi connectivity index (χ2v) is 7.86. The highest BCUT2D eigenvalue weighted by atomic mass is 79.9. The number of rotatable bonds is 2. The van der Waals surface area contributed by atoms with Crippen LogP contribution >= 0.6 is 27.5 Å². The zero-order chi connectivity index (χ0) is 15.0. The van der Waals surface area contributed by atoms with Gasteiger partial charge in [0, 0.05) is 17.2 Å². The molecule has 1 aliphatic heterocycles. The standard InChI is InChI=1S/C14H12BrClN2O2S/c15-11-8-13(14(16)17-9-11)21(19,20)18-7-3-5-10-4-1-2-6-12(10)18/h1-2,4,6,8-9H,3,5,7H2. The number of halogens is 2. The number of benzene rings is 1. The van der Waals surface area contributed by atoms with Gasteiger partial charge in [-0.2, -0.15) is 0 Å². The second-order valence-electron chi connectivity index (χ2n) is 4.75. The van der Waals surface area contributed by atoms with Crippen LogP contribution in [-0.2, 0) is 16.4 Å². The summed E-state index contributed by atoms with van der Waals surface area (Å²) in [5, 5.41) is -0.0127. The van der Waals surface area contributed by atoms with Crippen LogP contribution in [0.15, 0.2) is 45.9 Å². The third-order valence-electron chi connectivity index (χ3n) is 3.41. The van der Waals surface area contributed by atoms with Gasteiger partial charge in [0.1, 0.15) is 10.0 Å². The number of aromatic nitrogens is 1. The molecule has 2 heterocycles. The summed E-state index contributed by atoms with van der Waals surface area (Å²) in [4.78, 5) is 3.93. The molecular formula is C14H12BrClN2O2S. The maximum absolute atomic E-state index is 12.9. The molecule has 0 spiro atoms. The number of pyridine rings is 1. The molecule has 0 N–H and O–H groups in total. The zero-order valence-corrected chi connectivity index (χ0v) is 14.1. The van der Waals surface area contributed by atoms with Crippen molar-refractivity contribution in [2.45, 2.75) is 17.7 Å². The van der Waals surface area contributed by atoms with E-state index < -0.39 is 10.0 Å². The van der Waals surface area contributed by atoms with Gasteiger partial charge < -0.3 is 0 Å². The highest BCUT2D eigenvalue weighted by Crippen LogP contribution is 2.34. The van der Waals surface area contributed by atoms with E-state index in [2.05, 4.69) is 20.9 Å². The Morgan fingerprint density at radius 2 is 2.05 bits per heavy atom. The second kappa shape index (κ2) is 5.59. The van der Waals surface area contributed by atoms with Crippen molar-refractivity contribution in [3.05, 3.63) is 51.7 Å². The first-order chi connectivity index (χ1) is 10.00. The van der Waals surface area contributed by atoms with Gasteiger partial charge in [0.25, 0.3) is 10.0 Å². The summed E-state index contributed by atoms with van der Waals surface area (Å²) in [6.07, 6.45) is 3.15. The maximum Gasteiger partial charge on any atom is 0.267 e. The van der Waals surface area contributed by atoms with Gasteiger partial charge in [0.15, 0.2) is 0 Å². The molecule has 0 saturated carbocycles. The minimum Gasteiger partial charge on any atom is -0.266 e. The molecule has 0 fully saturated rings. The monoisotopic (exact) mass is 386 g/mol. The van der Waals surface area contributed by atoms with Crippen LogP contribution in [0.1, 0.15) is 12.0 Å². The van der Waals surface area contributed by atoms with Crippen LogP contribution in [0.4, 0.5) is 5.69 Å². The van der Waals surface area contributed by atoms with Crippen molar-refractivity contribution in [3.8, 4) is 0 Å². The predicted octanol–water partition coefficient (Wildman–Crippen LogP) is 3.64. The summed E-state index contributed by atoms with van der Waals surface area (Å²) >= 11 is 9.23. The van der Waals surface area contributed by atoms with Crippen LogP contribution in [0, 0.1) is 0 Å². The fourth-order valence-electron chi connectivity index (χ4n) is 2.45. The van der Waals surface area contributed by atoms with Crippen molar-refractivity contribution in [1.29, 1.82) is 0 Å². The molecule has 0 amide bonds. The van der Waals surface area contributed by atoms with Crippen LogP contribution in [0.5, 0.6) is 0 Å². The minimum atomic E-state index is -3.72. The van der Waals surface area contributed by atoms with E-state index >= 15 is 0 Å². The molecule has 2 aromatic rings. The summed E-state index contributed by atoms with van der Waals surface area (Å²) in [6.45, 7) is 0.447. The number of para-hydroxylation sites is 1. The van der Waals surface area contributed by atoms with E-state index in [1.54, 1.807) is 0 Å². The van der Waals surface area contributed by atoms with Gasteiger partial charge in [-0.25, -0.2) is 13.4 Å². The van der Waals surface area contributed by atoms with E-state index in [4.69, 9.17) is 11.6 Å². The minimum absolute atomic E-state index is 0.0127. The van der Waals surface area contributed by atoms with Crippen molar-refractivity contribution in [2.75, 3.05) is 10.8 Å². The SMILES string of the molecule is O=S(=O)(c1cc(Br)cnc1Cl)N1CCCc2ccccc21. The number of nitrogens with zero attached hydrogens (tertiary/aromatic N) is 2. The first-order valence-corrected chi connectivity index (χ1v) is 9.03. The molecule has 1 aromatic carbocycles. The van der Waals surface area contributed by atoms with Crippen molar-refractivity contribution in [2.24, 2.45) is 0 Å². The fourth-order valence-corrected chi connectivity index (χ4v) is 4.92. The molecule has 7 heteroatoms. The van der Waals surface area contributed by atoms with Gasteiger partial charge in [-0.05, 0) is 46.5 Å². The molecule has 0 aliphatic carbocycles. The summed E-state index contributed by atoms with van der Waals surface area (Å²) in [6, 6.07) is 9.03. The van der Waals surface area contributed by atoms with Crippen LogP contribution in [-0.4, -0.2) is 19.9 Å². The van der Waals surface area contributed by atoms with Crippen molar-refractivity contribution >= 4 is 43.2 Å². The average molecular weight is 388 g/mol. The van der Waals surface area contributed by atoms with E-state index in [0.29, 0.717) is 11.0 Å². The normalized spacial score (nSPS) is 14.9. The Morgan fingerprint density at radius 3 is 2.86 bits per heavy atom. The van der Waals surface area contributed by atoms with Gasteiger partial charge in [0.05, 0.1) is 5.69 Å². The van der Waals surface area contributed by atoms with E-state index in [1.807, 2.05) is 24.3 Å². The predicted molar refractivity (Wildman–Crippen MR) is 86.2 cm³/mol. The Bertz CT molecular complexity index is 795. The Kier molecular flexibility index (Phi) is 3.94. The Balaban J connectivity index is 2.14. The lowest BCUT2D eigenvalue weighted by Gasteiger charge is -2.30. The van der Waals surface area contributed by atoms with E-state index in [9.17, 15) is 8.42 Å². The molecule has 0 atom stereocenters. The van der Waals surface area contributed by atoms with E-state index in [-0.39, 0.29) is 10.0 Å². The summed E-state index contributed by atoms with van der Waals surface area (Å²) < 4.78 is 27.8. The molecule has 0 unspecified atom stereocenters. The molecule has 0 saturated heterocycles. The summed E-state index contributed by atoms with van der Waals surface area (Å²) in [5.41, 5.74) is 1.76. The molecule has 1 aromatic heterocycles. The topological polar surface area (TPSA) is 50.3 Å². The molecule has 21 heavy (non-hydrogen) atoms. The first kappa shape index (κ1) is 14.8. The lowest BCUT2D eigenvalue weighted by molar-refractivity contribution is 0.586. The first-order valence-electron chi connectivity index (χ1n) is 6.42. The number of sulfonamides is 1. The highest BCUT2D eigenvalue weighted by molar-refractivity contribution is 9.10. The molecule has 1 aliphatic rings. The van der Waals surface area contributed by atoms with Gasteiger partial charge in [-0.1, -0.05) is 29.8 Å². The average Bonchev–Trinajstić information content (AvgIpc) is 2.49. The molecule has 0 bridgehead atoms. The Labute approximate surface area is 136 Å². The number of hydrogen-bond donors (Lipinski definition) is 0. The third kappa shape index (κ3) is 2.67. The van der Waals surface area contributed by atoms with Crippen molar-refractivity contribution in [3.63, 3.8) is 0 Å². The van der Waals surface area contributed by atoms with Crippen LogP contribution in [0.3, 0.4) is 0 Å². The molecule has 110 valence electrons. The maximum atomic E-state index is 12.9. The van der Waals surface area contributed by atoms with Gasteiger partial charge in [-0.3, -0.25) is 4.31 Å². The number of anilines is 1. The molecule has 3 rings (SSSR count). The van der Waals surface area contributed by atoms with Gasteiger partial charge in [-0.15, -0.1) is 0 Å². The lowest BCUT2D eigenvalue weighted by Crippen LogP contribution is -2.35.